The van der Waals surface area contributed by atoms with Gasteiger partial charge in [0.05, 0.1) is 40.8 Å². The van der Waals surface area contributed by atoms with Crippen molar-refractivity contribution in [3.05, 3.63) is 72.2 Å². The topological polar surface area (TPSA) is 110 Å². The first-order valence-electron chi connectivity index (χ1n) is 10.1. The van der Waals surface area contributed by atoms with E-state index in [2.05, 4.69) is 20.4 Å². The number of H-pyrrole nitrogens is 1. The van der Waals surface area contributed by atoms with Crippen molar-refractivity contribution in [2.75, 3.05) is 11.5 Å². The summed E-state index contributed by atoms with van der Waals surface area (Å²) >= 11 is 0. The van der Waals surface area contributed by atoms with Gasteiger partial charge in [-0.15, -0.1) is 0 Å². The predicted octanol–water partition coefficient (Wildman–Crippen LogP) is 2.72. The zero-order valence-electron chi connectivity index (χ0n) is 16.7. The van der Waals surface area contributed by atoms with E-state index in [1.54, 1.807) is 10.7 Å². The van der Waals surface area contributed by atoms with Crippen LogP contribution in [0.25, 0.3) is 22.3 Å². The van der Waals surface area contributed by atoms with E-state index in [0.717, 1.165) is 22.3 Å². The number of benzene rings is 2. The summed E-state index contributed by atoms with van der Waals surface area (Å²) in [5, 5.41) is 7.35. The maximum atomic E-state index is 12.8. The van der Waals surface area contributed by atoms with Gasteiger partial charge in [-0.05, 0) is 30.2 Å². The second-order valence-electron chi connectivity index (χ2n) is 7.67. The van der Waals surface area contributed by atoms with Gasteiger partial charge in [0.15, 0.2) is 15.5 Å². The van der Waals surface area contributed by atoms with Crippen LogP contribution in [0.2, 0.25) is 0 Å². The van der Waals surface area contributed by atoms with Crippen LogP contribution < -0.4 is 5.32 Å². The molecular formula is C22H21N5O3S. The predicted molar refractivity (Wildman–Crippen MR) is 117 cm³/mol. The number of sulfone groups is 1. The van der Waals surface area contributed by atoms with Crippen molar-refractivity contribution in [2.24, 2.45) is 0 Å². The van der Waals surface area contributed by atoms with Gasteiger partial charge in [0.2, 0.25) is 0 Å². The van der Waals surface area contributed by atoms with E-state index in [0.29, 0.717) is 12.2 Å². The summed E-state index contributed by atoms with van der Waals surface area (Å²) in [6.45, 7) is 0.235. The largest absolute Gasteiger partial charge is 0.343 e. The smallest absolute Gasteiger partial charge is 0.272 e. The van der Waals surface area contributed by atoms with Crippen molar-refractivity contribution in [1.29, 1.82) is 0 Å². The number of nitrogens with zero attached hydrogens (tertiary/aromatic N) is 3. The number of hydrogen-bond acceptors (Lipinski definition) is 5. The van der Waals surface area contributed by atoms with Crippen LogP contribution >= 0.6 is 0 Å². The Morgan fingerprint density at radius 2 is 1.90 bits per heavy atom. The standard InChI is InChI=1S/C22H21N5O3S/c28-22(23-13-21-24-17-8-4-5-9-18(17)25-21)19-12-20(15-6-2-1-3-7-15)27(26-19)16-10-11-31(29,30)14-16/h1-9,12,16H,10-11,13-14H2,(H,23,28)(H,24,25)/t16-/m0/s1. The highest BCUT2D eigenvalue weighted by atomic mass is 32.2. The van der Waals surface area contributed by atoms with E-state index in [-0.39, 0.29) is 35.7 Å². The number of imidazole rings is 1. The molecule has 1 atom stereocenters. The number of para-hydroxylation sites is 2. The fraction of sp³-hybridized carbons (Fsp3) is 0.227. The van der Waals surface area contributed by atoms with E-state index >= 15 is 0 Å². The van der Waals surface area contributed by atoms with Crippen LogP contribution in [-0.4, -0.2) is 45.6 Å². The molecule has 9 heteroatoms. The van der Waals surface area contributed by atoms with Gasteiger partial charge in [0.25, 0.3) is 5.91 Å². The summed E-state index contributed by atoms with van der Waals surface area (Å²) < 4.78 is 25.7. The molecule has 5 rings (SSSR count). The fourth-order valence-corrected chi connectivity index (χ4v) is 5.61. The molecule has 0 bridgehead atoms. The quantitative estimate of drug-likeness (QED) is 0.501. The van der Waals surface area contributed by atoms with Crippen LogP contribution in [0.15, 0.2) is 60.7 Å². The third-order valence-electron chi connectivity index (χ3n) is 5.45. The lowest BCUT2D eigenvalue weighted by atomic mass is 10.1. The van der Waals surface area contributed by atoms with E-state index in [1.165, 1.54) is 0 Å². The molecule has 2 aromatic heterocycles. The minimum atomic E-state index is -3.09. The van der Waals surface area contributed by atoms with Gasteiger partial charge >= 0.3 is 0 Å². The van der Waals surface area contributed by atoms with Crippen molar-refractivity contribution in [3.8, 4) is 11.3 Å². The third-order valence-corrected chi connectivity index (χ3v) is 7.20. The van der Waals surface area contributed by atoms with Crippen LogP contribution in [0.3, 0.4) is 0 Å². The van der Waals surface area contributed by atoms with Gasteiger partial charge in [0.1, 0.15) is 5.82 Å². The lowest BCUT2D eigenvalue weighted by Crippen LogP contribution is -2.24. The van der Waals surface area contributed by atoms with Crippen molar-refractivity contribution in [3.63, 3.8) is 0 Å². The monoisotopic (exact) mass is 435 g/mol. The molecule has 1 aliphatic rings. The Balaban J connectivity index is 1.41. The lowest BCUT2D eigenvalue weighted by Gasteiger charge is -2.13. The number of amides is 1. The molecule has 8 nitrogen and oxygen atoms in total. The van der Waals surface area contributed by atoms with Gasteiger partial charge in [-0.25, -0.2) is 13.4 Å². The Bertz CT molecular complexity index is 1330. The van der Waals surface area contributed by atoms with E-state index in [9.17, 15) is 13.2 Å². The molecule has 1 amide bonds. The molecule has 0 unspecified atom stereocenters. The van der Waals surface area contributed by atoms with Gasteiger partial charge in [-0.2, -0.15) is 5.10 Å². The van der Waals surface area contributed by atoms with Gasteiger partial charge in [0, 0.05) is 0 Å². The third kappa shape index (κ3) is 3.96. The SMILES string of the molecule is O=C(NCc1nc2ccccc2[nH]1)c1cc(-c2ccccc2)n([C@H]2CCS(=O)(=O)C2)n1. The van der Waals surface area contributed by atoms with E-state index < -0.39 is 9.84 Å². The molecular weight excluding hydrogens is 414 g/mol. The lowest BCUT2D eigenvalue weighted by molar-refractivity contribution is 0.0944. The zero-order chi connectivity index (χ0) is 21.4. The van der Waals surface area contributed by atoms with Crippen molar-refractivity contribution in [2.45, 2.75) is 19.0 Å². The molecule has 1 fully saturated rings. The maximum Gasteiger partial charge on any atom is 0.272 e. The van der Waals surface area contributed by atoms with Crippen molar-refractivity contribution >= 4 is 26.8 Å². The Morgan fingerprint density at radius 3 is 2.65 bits per heavy atom. The maximum absolute atomic E-state index is 12.8. The van der Waals surface area contributed by atoms with Gasteiger partial charge < -0.3 is 10.3 Å². The number of nitrogens with one attached hydrogen (secondary N) is 2. The number of aromatic amines is 1. The number of hydrogen-bond donors (Lipinski definition) is 2. The minimum Gasteiger partial charge on any atom is -0.343 e. The van der Waals surface area contributed by atoms with Crippen LogP contribution in [0, 0.1) is 0 Å². The first kappa shape index (κ1) is 19.5. The number of fused-ring (bicyclic) bond motifs is 1. The molecule has 1 saturated heterocycles. The molecule has 1 aliphatic heterocycles. The molecule has 0 spiro atoms. The van der Waals surface area contributed by atoms with Crippen LogP contribution in [0.5, 0.6) is 0 Å². The second-order valence-corrected chi connectivity index (χ2v) is 9.89. The van der Waals surface area contributed by atoms with Gasteiger partial charge in [-0.3, -0.25) is 9.48 Å². The Hall–Kier alpha value is -3.46. The molecule has 158 valence electrons. The van der Waals surface area contributed by atoms with Crippen molar-refractivity contribution < 1.29 is 13.2 Å². The number of aromatic nitrogens is 4. The Kier molecular flexibility index (Phi) is 4.82. The summed E-state index contributed by atoms with van der Waals surface area (Å²) in [7, 11) is -3.09. The van der Waals surface area contributed by atoms with Crippen LogP contribution in [0.1, 0.15) is 28.8 Å². The Morgan fingerprint density at radius 1 is 1.13 bits per heavy atom. The number of rotatable bonds is 5. The minimum absolute atomic E-state index is 0.0363. The molecule has 31 heavy (non-hydrogen) atoms. The molecule has 2 N–H and O–H groups in total. The summed E-state index contributed by atoms with van der Waals surface area (Å²) in [6, 6.07) is 18.7. The van der Waals surface area contributed by atoms with Crippen LogP contribution in [0.4, 0.5) is 0 Å². The second kappa shape index (κ2) is 7.66. The van der Waals surface area contributed by atoms with Crippen LogP contribution in [-0.2, 0) is 16.4 Å². The highest BCUT2D eigenvalue weighted by Crippen LogP contribution is 2.30. The molecule has 0 radical (unpaired) electrons. The summed E-state index contributed by atoms with van der Waals surface area (Å²) in [6.07, 6.45) is 0.490. The summed E-state index contributed by atoms with van der Waals surface area (Å²) in [5.74, 6) is 0.491. The fourth-order valence-electron chi connectivity index (χ4n) is 3.92. The highest BCUT2D eigenvalue weighted by molar-refractivity contribution is 7.91. The van der Waals surface area contributed by atoms with E-state index in [1.807, 2.05) is 54.6 Å². The van der Waals surface area contributed by atoms with Gasteiger partial charge in [-0.1, -0.05) is 42.5 Å². The number of carbonyl (C=O) groups is 1. The average Bonchev–Trinajstić information content (AvgIpc) is 3.48. The first-order chi connectivity index (χ1) is 15.0. The zero-order valence-corrected chi connectivity index (χ0v) is 17.5. The van der Waals surface area contributed by atoms with Crippen molar-refractivity contribution in [1.82, 2.24) is 25.1 Å². The molecule has 4 aromatic rings. The number of carbonyl (C=O) groups excluding carboxylic acids is 1. The summed E-state index contributed by atoms with van der Waals surface area (Å²) in [5.41, 5.74) is 3.61. The normalized spacial score (nSPS) is 17.7. The highest BCUT2D eigenvalue weighted by Gasteiger charge is 2.32. The molecule has 0 aliphatic carbocycles. The first-order valence-corrected chi connectivity index (χ1v) is 11.9. The molecule has 3 heterocycles. The average molecular weight is 436 g/mol. The van der Waals surface area contributed by atoms with E-state index in [4.69, 9.17) is 0 Å². The summed E-state index contributed by atoms with van der Waals surface area (Å²) in [4.78, 5) is 20.5. The molecule has 0 saturated carbocycles. The Labute approximate surface area is 179 Å². The molecule has 2 aromatic carbocycles.